The second-order valence-electron chi connectivity index (χ2n) is 2.31. The van der Waals surface area contributed by atoms with E-state index in [4.69, 9.17) is 28.3 Å². The van der Waals surface area contributed by atoms with Crippen LogP contribution in [0, 0.1) is 0 Å². The first-order valence-electron chi connectivity index (χ1n) is 3.24. The van der Waals surface area contributed by atoms with E-state index in [1.165, 1.54) is 0 Å². The predicted octanol–water partition coefficient (Wildman–Crippen LogP) is 2.38. The van der Waals surface area contributed by atoms with Gasteiger partial charge in [0.1, 0.15) is 16.6 Å². The fraction of sp³-hybridized carbons (Fsp3) is 0.333. The molecule has 1 aromatic heterocycles. The monoisotopic (exact) mass is 246 g/mol. The van der Waals surface area contributed by atoms with Crippen LogP contribution in [0.2, 0.25) is 10.3 Å². The molecular formula is C6H3Cl2F3N2O. The van der Waals surface area contributed by atoms with Gasteiger partial charge in [0.2, 0.25) is 0 Å². The van der Waals surface area contributed by atoms with Gasteiger partial charge in [0.25, 0.3) is 0 Å². The number of rotatable bonds is 1. The van der Waals surface area contributed by atoms with Crippen LogP contribution < -0.4 is 0 Å². The molecule has 1 heterocycles. The average Bonchev–Trinajstić information content (AvgIpc) is 2.01. The first-order chi connectivity index (χ1) is 6.34. The average molecular weight is 247 g/mol. The van der Waals surface area contributed by atoms with Gasteiger partial charge in [-0.2, -0.15) is 13.2 Å². The second-order valence-corrected chi connectivity index (χ2v) is 3.03. The maximum Gasteiger partial charge on any atom is 0.418 e. The molecule has 0 amide bonds. The van der Waals surface area contributed by atoms with Crippen LogP contribution in [0.1, 0.15) is 11.7 Å². The number of nitrogens with zero attached hydrogens (tertiary/aromatic N) is 2. The van der Waals surface area contributed by atoms with Gasteiger partial charge in [-0.3, -0.25) is 0 Å². The zero-order valence-corrected chi connectivity index (χ0v) is 7.90. The Labute approximate surface area is 86.5 Å². The van der Waals surface area contributed by atoms with E-state index < -0.39 is 28.1 Å². The molecule has 0 fully saturated rings. The normalized spacial score (nSPS) is 14.1. The number of aromatic nitrogens is 2. The van der Waals surface area contributed by atoms with Crippen molar-refractivity contribution in [3.8, 4) is 0 Å². The Kier molecular flexibility index (Phi) is 3.18. The minimum atomic E-state index is -4.85. The summed E-state index contributed by atoms with van der Waals surface area (Å²) in [5.41, 5.74) is -0.733. The van der Waals surface area contributed by atoms with Gasteiger partial charge in [-0.25, -0.2) is 9.97 Å². The summed E-state index contributed by atoms with van der Waals surface area (Å²) in [7, 11) is 0. The largest absolute Gasteiger partial charge is 0.418 e. The molecule has 0 aliphatic rings. The van der Waals surface area contributed by atoms with Crippen LogP contribution in [0.25, 0.3) is 0 Å². The number of hydrogen-bond donors (Lipinski definition) is 1. The highest BCUT2D eigenvalue weighted by atomic mass is 35.5. The van der Waals surface area contributed by atoms with Crippen LogP contribution >= 0.6 is 23.2 Å². The van der Waals surface area contributed by atoms with Gasteiger partial charge in [0.15, 0.2) is 6.10 Å². The zero-order valence-electron chi connectivity index (χ0n) is 6.39. The fourth-order valence-electron chi connectivity index (χ4n) is 0.744. The highest BCUT2D eigenvalue weighted by Gasteiger charge is 2.42. The van der Waals surface area contributed by atoms with E-state index in [1.807, 2.05) is 0 Å². The summed E-state index contributed by atoms with van der Waals surface area (Å²) in [5, 5.41) is 7.81. The lowest BCUT2D eigenvalue weighted by atomic mass is 10.2. The maximum absolute atomic E-state index is 12.1. The standard InChI is InChI=1S/C6H3Cl2F3N2O/c7-4-2(3(14)6(9,10)11)5(8)13-1-12-4/h1,3,14H. The maximum atomic E-state index is 12.1. The summed E-state index contributed by atoms with van der Waals surface area (Å²) in [6, 6.07) is 0. The molecule has 0 bridgehead atoms. The van der Waals surface area contributed by atoms with Crippen LogP contribution in [0.5, 0.6) is 0 Å². The Morgan fingerprint density at radius 3 is 2.00 bits per heavy atom. The molecule has 0 saturated carbocycles. The molecule has 1 N–H and O–H groups in total. The predicted molar refractivity (Wildman–Crippen MR) is 43.1 cm³/mol. The smallest absolute Gasteiger partial charge is 0.379 e. The number of hydrogen-bond acceptors (Lipinski definition) is 3. The molecule has 0 aliphatic carbocycles. The van der Waals surface area contributed by atoms with Gasteiger partial charge in [0.05, 0.1) is 5.56 Å². The Morgan fingerprint density at radius 1 is 1.21 bits per heavy atom. The molecule has 0 spiro atoms. The topological polar surface area (TPSA) is 46.0 Å². The molecule has 3 nitrogen and oxygen atoms in total. The molecule has 1 rings (SSSR count). The summed E-state index contributed by atoms with van der Waals surface area (Å²) in [6.07, 6.45) is -6.72. The van der Waals surface area contributed by atoms with Gasteiger partial charge < -0.3 is 5.11 Å². The Bertz CT molecular complexity index is 324. The Hall–Kier alpha value is -0.590. The number of aliphatic hydroxyl groups is 1. The lowest BCUT2D eigenvalue weighted by Crippen LogP contribution is -2.21. The van der Waals surface area contributed by atoms with Crippen molar-refractivity contribution in [2.24, 2.45) is 0 Å². The molecule has 1 unspecified atom stereocenters. The Balaban J connectivity index is 3.19. The van der Waals surface area contributed by atoms with Crippen LogP contribution in [-0.4, -0.2) is 21.3 Å². The van der Waals surface area contributed by atoms with Gasteiger partial charge >= 0.3 is 6.18 Å². The number of alkyl halides is 3. The first kappa shape index (κ1) is 11.5. The van der Waals surface area contributed by atoms with Crippen molar-refractivity contribution in [2.45, 2.75) is 12.3 Å². The SMILES string of the molecule is OC(c1c(Cl)ncnc1Cl)C(F)(F)F. The summed E-state index contributed by atoms with van der Waals surface area (Å²) >= 11 is 10.7. The molecule has 8 heteroatoms. The zero-order chi connectivity index (χ0) is 10.9. The lowest BCUT2D eigenvalue weighted by molar-refractivity contribution is -0.206. The van der Waals surface area contributed by atoms with Crippen LogP contribution in [-0.2, 0) is 0 Å². The van der Waals surface area contributed by atoms with Crippen LogP contribution in [0.3, 0.4) is 0 Å². The third-order valence-electron chi connectivity index (χ3n) is 1.37. The second kappa shape index (κ2) is 3.88. The molecule has 1 atom stereocenters. The molecule has 0 saturated heterocycles. The van der Waals surface area contributed by atoms with E-state index in [-0.39, 0.29) is 0 Å². The van der Waals surface area contributed by atoms with Crippen molar-refractivity contribution in [3.63, 3.8) is 0 Å². The van der Waals surface area contributed by atoms with Crippen molar-refractivity contribution >= 4 is 23.2 Å². The van der Waals surface area contributed by atoms with E-state index in [0.29, 0.717) is 0 Å². The van der Waals surface area contributed by atoms with Crippen molar-refractivity contribution in [3.05, 3.63) is 22.2 Å². The molecule has 1 aromatic rings. The van der Waals surface area contributed by atoms with E-state index >= 15 is 0 Å². The quantitative estimate of drug-likeness (QED) is 0.775. The van der Waals surface area contributed by atoms with Crippen molar-refractivity contribution in [1.82, 2.24) is 9.97 Å². The van der Waals surface area contributed by atoms with E-state index in [2.05, 4.69) is 9.97 Å². The van der Waals surface area contributed by atoms with Gasteiger partial charge in [-0.1, -0.05) is 23.2 Å². The highest BCUT2D eigenvalue weighted by Crippen LogP contribution is 2.37. The van der Waals surface area contributed by atoms with Gasteiger partial charge in [-0.05, 0) is 0 Å². The molecule has 0 radical (unpaired) electrons. The summed E-state index contributed by atoms with van der Waals surface area (Å²) in [4.78, 5) is 6.57. The minimum absolute atomic E-state index is 0.519. The van der Waals surface area contributed by atoms with Crippen molar-refractivity contribution in [1.29, 1.82) is 0 Å². The van der Waals surface area contributed by atoms with Gasteiger partial charge in [0, 0.05) is 0 Å². The van der Waals surface area contributed by atoms with Crippen molar-refractivity contribution < 1.29 is 18.3 Å². The third kappa shape index (κ3) is 2.26. The summed E-state index contributed by atoms with van der Waals surface area (Å²) in [6.45, 7) is 0. The molecule has 0 aliphatic heterocycles. The first-order valence-corrected chi connectivity index (χ1v) is 4.00. The molecule has 78 valence electrons. The van der Waals surface area contributed by atoms with E-state index in [0.717, 1.165) is 6.33 Å². The van der Waals surface area contributed by atoms with Gasteiger partial charge in [-0.15, -0.1) is 0 Å². The van der Waals surface area contributed by atoms with E-state index in [1.54, 1.807) is 0 Å². The Morgan fingerprint density at radius 2 is 1.64 bits per heavy atom. The highest BCUT2D eigenvalue weighted by molar-refractivity contribution is 6.34. The number of aliphatic hydroxyl groups excluding tert-OH is 1. The van der Waals surface area contributed by atoms with Crippen LogP contribution in [0.15, 0.2) is 6.33 Å². The lowest BCUT2D eigenvalue weighted by Gasteiger charge is -2.15. The van der Waals surface area contributed by atoms with Crippen molar-refractivity contribution in [2.75, 3.05) is 0 Å². The van der Waals surface area contributed by atoms with E-state index in [9.17, 15) is 13.2 Å². The van der Waals surface area contributed by atoms with Crippen LogP contribution in [0.4, 0.5) is 13.2 Å². The molecule has 14 heavy (non-hydrogen) atoms. The summed E-state index contributed by atoms with van der Waals surface area (Å²) < 4.78 is 36.2. The molecular weight excluding hydrogens is 244 g/mol. The fourth-order valence-corrected chi connectivity index (χ4v) is 1.27. The minimum Gasteiger partial charge on any atom is -0.379 e. The summed E-state index contributed by atoms with van der Waals surface area (Å²) in [5.74, 6) is 0. The third-order valence-corrected chi connectivity index (χ3v) is 1.97. The number of halogens is 5. The molecule has 0 aromatic carbocycles.